The molecule has 2 aromatic heterocycles. The lowest BCUT2D eigenvalue weighted by Crippen LogP contribution is -2.47. The lowest BCUT2D eigenvalue weighted by atomic mass is 9.88. The van der Waals surface area contributed by atoms with Gasteiger partial charge >= 0.3 is 0 Å². The van der Waals surface area contributed by atoms with Gasteiger partial charge in [0.1, 0.15) is 5.69 Å². The number of fused-ring (bicyclic) bond motifs is 2. The smallest absolute Gasteiger partial charge is 0.255 e. The Labute approximate surface area is 208 Å². The molecule has 3 aliphatic heterocycles. The van der Waals surface area contributed by atoms with Crippen molar-refractivity contribution in [3.05, 3.63) is 28.0 Å². The molecule has 190 valence electrons. The van der Waals surface area contributed by atoms with E-state index in [1.807, 2.05) is 25.8 Å². The number of thiophene rings is 1. The van der Waals surface area contributed by atoms with Gasteiger partial charge in [0.15, 0.2) is 5.82 Å². The van der Waals surface area contributed by atoms with Crippen LogP contribution in [-0.2, 0) is 20.3 Å². The van der Waals surface area contributed by atoms with Crippen LogP contribution in [0.2, 0.25) is 0 Å². The Bertz CT molecular complexity index is 1270. The highest BCUT2D eigenvalue weighted by Crippen LogP contribution is 2.52. The van der Waals surface area contributed by atoms with Crippen molar-refractivity contribution in [1.82, 2.24) is 19.2 Å². The average Bonchev–Trinajstić information content (AvgIpc) is 3.25. The van der Waals surface area contributed by atoms with Crippen LogP contribution in [0.1, 0.15) is 47.0 Å². The predicted molar refractivity (Wildman–Crippen MR) is 131 cm³/mol. The van der Waals surface area contributed by atoms with Gasteiger partial charge < -0.3 is 15.0 Å². The number of hydrogen-bond donors (Lipinski definition) is 1. The summed E-state index contributed by atoms with van der Waals surface area (Å²) < 4.78 is 45.8. The van der Waals surface area contributed by atoms with E-state index in [0.29, 0.717) is 62.0 Å². The molecular weight excluding hydrogens is 493 g/mol. The van der Waals surface area contributed by atoms with Gasteiger partial charge in [-0.25, -0.2) is 27.1 Å². The first kappa shape index (κ1) is 24.5. The van der Waals surface area contributed by atoms with Crippen molar-refractivity contribution < 1.29 is 22.3 Å². The predicted octanol–water partition coefficient (Wildman–Crippen LogP) is 2.83. The van der Waals surface area contributed by atoms with Gasteiger partial charge in [-0.1, -0.05) is 6.92 Å². The van der Waals surface area contributed by atoms with Crippen LogP contribution in [0.4, 0.5) is 10.3 Å². The zero-order valence-corrected chi connectivity index (χ0v) is 21.9. The van der Waals surface area contributed by atoms with Gasteiger partial charge in [-0.2, -0.15) is 0 Å². The summed E-state index contributed by atoms with van der Waals surface area (Å²) in [4.78, 5) is 25.3. The monoisotopic (exact) mass is 523 g/mol. The van der Waals surface area contributed by atoms with Gasteiger partial charge in [-0.3, -0.25) is 4.79 Å². The normalized spacial score (nSPS) is 24.7. The fourth-order valence-corrected chi connectivity index (χ4v) is 8.01. The first-order chi connectivity index (χ1) is 16.5. The number of rotatable bonds is 4. The summed E-state index contributed by atoms with van der Waals surface area (Å²) in [6.45, 7) is 5.80. The van der Waals surface area contributed by atoms with E-state index in [-0.39, 0.29) is 23.6 Å². The zero-order valence-electron chi connectivity index (χ0n) is 20.3. The molecule has 2 saturated heterocycles. The molecule has 1 amide bonds. The Balaban J connectivity index is 1.45. The third-order valence-corrected chi connectivity index (χ3v) is 10.4. The number of ether oxygens (including phenoxy) is 1. The van der Waals surface area contributed by atoms with Gasteiger partial charge in [0.05, 0.1) is 28.4 Å². The van der Waals surface area contributed by atoms with E-state index in [4.69, 9.17) is 4.74 Å². The van der Waals surface area contributed by atoms with Crippen LogP contribution in [0, 0.1) is 18.7 Å². The minimum atomic E-state index is -3.24. The van der Waals surface area contributed by atoms with Crippen molar-refractivity contribution >= 4 is 33.2 Å². The number of hydrogen-bond acceptors (Lipinski definition) is 8. The summed E-state index contributed by atoms with van der Waals surface area (Å²) in [7, 11) is -1.40. The molecule has 1 spiro atoms. The largest absolute Gasteiger partial charge is 0.381 e. The highest BCUT2D eigenvalue weighted by molar-refractivity contribution is 7.88. The van der Waals surface area contributed by atoms with Gasteiger partial charge in [0.2, 0.25) is 16.0 Å². The van der Waals surface area contributed by atoms with Gasteiger partial charge in [-0.05, 0) is 37.7 Å². The van der Waals surface area contributed by atoms with Crippen molar-refractivity contribution in [2.24, 2.45) is 5.92 Å². The van der Waals surface area contributed by atoms with Crippen molar-refractivity contribution in [3.8, 4) is 10.6 Å². The van der Waals surface area contributed by atoms with E-state index in [0.717, 1.165) is 16.6 Å². The molecule has 9 nitrogen and oxygen atoms in total. The molecule has 0 aliphatic carbocycles. The minimum absolute atomic E-state index is 0.0318. The Morgan fingerprint density at radius 1 is 1.31 bits per heavy atom. The SMILES string of the molecule is Cc1c(-c2nc(N[C@H]3CCN(S(C)(=O)=O)C[C@H]3C)ncc2F)sc2c1C(=O)N(C)C21CCOCC1. The Morgan fingerprint density at radius 3 is 2.69 bits per heavy atom. The first-order valence-electron chi connectivity index (χ1n) is 11.8. The van der Waals surface area contributed by atoms with Crippen molar-refractivity contribution in [2.45, 2.75) is 44.7 Å². The summed E-state index contributed by atoms with van der Waals surface area (Å²) in [6, 6.07) is -0.0403. The third kappa shape index (κ3) is 4.04. The fraction of sp³-hybridized carbons (Fsp3) is 0.609. The standard InChI is InChI=1S/C23H30FN5O4S2/c1-13-12-29(35(4,31)32)8-5-16(13)26-22-25-11-15(24)18(27-22)19-14(2)17-20(34-19)23(28(3)21(17)30)6-9-33-10-7-23/h11,13,16H,5-10,12H2,1-4H3,(H,25,26,27)/t13-,16+/m1/s1. The van der Waals surface area contributed by atoms with E-state index in [9.17, 15) is 13.2 Å². The van der Waals surface area contributed by atoms with Crippen molar-refractivity contribution in [2.75, 3.05) is 44.9 Å². The Kier molecular flexibility index (Phi) is 6.14. The highest BCUT2D eigenvalue weighted by atomic mass is 32.2. The molecule has 0 bridgehead atoms. The van der Waals surface area contributed by atoms with Gasteiger partial charge in [0.25, 0.3) is 5.91 Å². The fourth-order valence-electron chi connectivity index (χ4n) is 5.50. The van der Waals surface area contributed by atoms with Gasteiger partial charge in [-0.15, -0.1) is 11.3 Å². The average molecular weight is 524 g/mol. The van der Waals surface area contributed by atoms with E-state index in [1.165, 1.54) is 21.9 Å². The van der Waals surface area contributed by atoms with Crippen LogP contribution in [0.25, 0.3) is 10.6 Å². The maximum atomic E-state index is 15.0. The minimum Gasteiger partial charge on any atom is -0.381 e. The lowest BCUT2D eigenvalue weighted by Gasteiger charge is -2.39. The van der Waals surface area contributed by atoms with Crippen molar-refractivity contribution in [3.63, 3.8) is 0 Å². The second kappa shape index (κ2) is 8.75. The zero-order chi connectivity index (χ0) is 25.1. The molecule has 2 aromatic rings. The quantitative estimate of drug-likeness (QED) is 0.657. The molecule has 35 heavy (non-hydrogen) atoms. The number of anilines is 1. The van der Waals surface area contributed by atoms with E-state index >= 15 is 4.39 Å². The number of sulfonamides is 1. The molecule has 0 unspecified atom stereocenters. The molecule has 5 rings (SSSR count). The van der Waals surface area contributed by atoms with Crippen LogP contribution in [0.5, 0.6) is 0 Å². The number of nitrogens with zero attached hydrogens (tertiary/aromatic N) is 4. The maximum absolute atomic E-state index is 15.0. The molecular formula is C23H30FN5O4S2. The molecule has 0 aromatic carbocycles. The van der Waals surface area contributed by atoms with E-state index < -0.39 is 21.4 Å². The van der Waals surface area contributed by atoms with Crippen LogP contribution >= 0.6 is 11.3 Å². The summed E-state index contributed by atoms with van der Waals surface area (Å²) in [6.07, 6.45) is 4.40. The summed E-state index contributed by atoms with van der Waals surface area (Å²) in [5.41, 5.74) is 1.16. The number of nitrogens with one attached hydrogen (secondary N) is 1. The second-order valence-electron chi connectivity index (χ2n) is 9.80. The number of carbonyl (C=O) groups excluding carboxylic acids is 1. The van der Waals surface area contributed by atoms with Crippen LogP contribution < -0.4 is 5.32 Å². The van der Waals surface area contributed by atoms with Gasteiger partial charge in [0, 0.05) is 44.3 Å². The number of halogens is 1. The summed E-state index contributed by atoms with van der Waals surface area (Å²) in [5, 5.41) is 3.28. The topological polar surface area (TPSA) is 105 Å². The summed E-state index contributed by atoms with van der Waals surface area (Å²) >= 11 is 1.44. The molecule has 0 radical (unpaired) electrons. The second-order valence-corrected chi connectivity index (χ2v) is 12.8. The molecule has 2 fully saturated rings. The number of aromatic nitrogens is 2. The Hall–Kier alpha value is -2.15. The van der Waals surface area contributed by atoms with Crippen molar-refractivity contribution in [1.29, 1.82) is 0 Å². The molecule has 1 N–H and O–H groups in total. The van der Waals surface area contributed by atoms with Crippen LogP contribution in [0.15, 0.2) is 6.20 Å². The van der Waals surface area contributed by atoms with Crippen LogP contribution in [0.3, 0.4) is 0 Å². The van der Waals surface area contributed by atoms with Crippen LogP contribution in [-0.4, -0.2) is 79.1 Å². The summed E-state index contributed by atoms with van der Waals surface area (Å²) in [5.74, 6) is -0.255. The lowest BCUT2D eigenvalue weighted by molar-refractivity contribution is -0.00470. The number of carbonyl (C=O) groups is 1. The molecule has 3 aliphatic rings. The first-order valence-corrected chi connectivity index (χ1v) is 14.4. The molecule has 2 atom stereocenters. The van der Waals surface area contributed by atoms with E-state index in [2.05, 4.69) is 15.3 Å². The Morgan fingerprint density at radius 2 is 2.03 bits per heavy atom. The number of piperidine rings is 1. The molecule has 5 heterocycles. The number of amides is 1. The maximum Gasteiger partial charge on any atom is 0.255 e. The molecule has 12 heteroatoms. The third-order valence-electron chi connectivity index (χ3n) is 7.66. The highest BCUT2D eigenvalue weighted by Gasteiger charge is 2.51. The van der Waals surface area contributed by atoms with E-state index in [1.54, 1.807) is 0 Å². The molecule has 0 saturated carbocycles.